The highest BCUT2D eigenvalue weighted by atomic mass is 35.5. The quantitative estimate of drug-likeness (QED) is 0.841. The molecule has 0 atom stereocenters. The van der Waals surface area contributed by atoms with Crippen LogP contribution >= 0.6 is 11.6 Å². The normalized spacial score (nSPS) is 14.9. The highest BCUT2D eigenvalue weighted by Gasteiger charge is 2.21. The van der Waals surface area contributed by atoms with Crippen molar-refractivity contribution >= 4 is 38.7 Å². The molecule has 1 aliphatic rings. The number of halogens is 1. The Labute approximate surface area is 158 Å². The molecule has 26 heavy (non-hydrogen) atoms. The van der Waals surface area contributed by atoms with Crippen LogP contribution in [0.4, 0.5) is 11.4 Å². The molecule has 0 aromatic heterocycles. The van der Waals surface area contributed by atoms with E-state index in [0.717, 1.165) is 31.6 Å². The fraction of sp³-hybridized carbons (Fsp3) is 0.316. The van der Waals surface area contributed by atoms with Gasteiger partial charge in [-0.15, -0.1) is 0 Å². The van der Waals surface area contributed by atoms with E-state index < -0.39 is 21.5 Å². The summed E-state index contributed by atoms with van der Waals surface area (Å²) in [6, 6.07) is 13.3. The van der Waals surface area contributed by atoms with Crippen molar-refractivity contribution in [3.8, 4) is 0 Å². The highest BCUT2D eigenvalue weighted by Crippen LogP contribution is 2.31. The van der Waals surface area contributed by atoms with Crippen LogP contribution in [0.2, 0.25) is 5.02 Å². The number of piperidine rings is 1. The fourth-order valence-electron chi connectivity index (χ4n) is 3.09. The molecule has 0 radical (unpaired) electrons. The van der Waals surface area contributed by atoms with Crippen molar-refractivity contribution in [3.63, 3.8) is 0 Å². The lowest BCUT2D eigenvalue weighted by Crippen LogP contribution is -2.31. The molecule has 138 valence electrons. The zero-order valence-electron chi connectivity index (χ0n) is 14.3. The molecule has 1 heterocycles. The minimum atomic E-state index is -3.69. The summed E-state index contributed by atoms with van der Waals surface area (Å²) < 4.78 is 24.8. The first-order valence-electron chi connectivity index (χ1n) is 8.58. The van der Waals surface area contributed by atoms with E-state index in [0.29, 0.717) is 10.7 Å². The zero-order chi connectivity index (χ0) is 18.6. The van der Waals surface area contributed by atoms with Gasteiger partial charge in [-0.1, -0.05) is 29.8 Å². The molecule has 2 aromatic rings. The van der Waals surface area contributed by atoms with Crippen LogP contribution in [0.5, 0.6) is 0 Å². The number of carbonyl (C=O) groups excluding carboxylic acids is 1. The van der Waals surface area contributed by atoms with Gasteiger partial charge in [0.2, 0.25) is 5.91 Å². The van der Waals surface area contributed by atoms with Crippen molar-refractivity contribution < 1.29 is 13.2 Å². The summed E-state index contributed by atoms with van der Waals surface area (Å²) in [6.45, 7) is 1.82. The lowest BCUT2D eigenvalue weighted by atomic mass is 10.1. The summed E-state index contributed by atoms with van der Waals surface area (Å²) in [6.07, 6.45) is 3.39. The van der Waals surface area contributed by atoms with E-state index in [4.69, 9.17) is 11.6 Å². The summed E-state index contributed by atoms with van der Waals surface area (Å²) in [5.41, 5.74) is 1.42. The van der Waals surface area contributed by atoms with Gasteiger partial charge in [-0.3, -0.25) is 4.79 Å². The van der Waals surface area contributed by atoms with Gasteiger partial charge in [0, 0.05) is 18.1 Å². The maximum absolute atomic E-state index is 12.4. The Morgan fingerprint density at radius 1 is 1.04 bits per heavy atom. The van der Waals surface area contributed by atoms with Crippen LogP contribution in [0.25, 0.3) is 0 Å². The van der Waals surface area contributed by atoms with Crippen LogP contribution in [0, 0.1) is 0 Å². The number of nitrogens with zero attached hydrogens (tertiary/aromatic N) is 1. The number of hydrogen-bond acceptors (Lipinski definition) is 4. The van der Waals surface area contributed by atoms with Crippen molar-refractivity contribution in [2.24, 2.45) is 0 Å². The van der Waals surface area contributed by atoms with Gasteiger partial charge >= 0.3 is 0 Å². The monoisotopic (exact) mass is 392 g/mol. The molecule has 1 N–H and O–H groups in total. The molecule has 3 rings (SSSR count). The highest BCUT2D eigenvalue weighted by molar-refractivity contribution is 7.92. The average molecular weight is 393 g/mol. The Hall–Kier alpha value is -2.05. The minimum absolute atomic E-state index is 0.137. The Balaban J connectivity index is 1.78. The second-order valence-electron chi connectivity index (χ2n) is 6.33. The van der Waals surface area contributed by atoms with Gasteiger partial charge < -0.3 is 10.2 Å². The topological polar surface area (TPSA) is 66.5 Å². The van der Waals surface area contributed by atoms with Crippen LogP contribution in [-0.2, 0) is 14.6 Å². The van der Waals surface area contributed by atoms with E-state index in [1.54, 1.807) is 30.3 Å². The minimum Gasteiger partial charge on any atom is -0.370 e. The fourth-order valence-corrected chi connectivity index (χ4v) is 4.42. The summed E-state index contributed by atoms with van der Waals surface area (Å²) >= 11 is 6.08. The van der Waals surface area contributed by atoms with Crippen molar-refractivity contribution in [3.05, 3.63) is 53.6 Å². The molecule has 0 unspecified atom stereocenters. The van der Waals surface area contributed by atoms with E-state index in [1.165, 1.54) is 18.6 Å². The van der Waals surface area contributed by atoms with Crippen LogP contribution in [0.3, 0.4) is 0 Å². The predicted molar refractivity (Wildman–Crippen MR) is 105 cm³/mol. The lowest BCUT2D eigenvalue weighted by Gasteiger charge is -2.30. The molecular formula is C19H21ClN2O3S. The number of benzene rings is 2. The molecule has 0 spiro atoms. The third-order valence-corrected chi connectivity index (χ3v) is 6.22. The number of sulfone groups is 1. The van der Waals surface area contributed by atoms with Gasteiger partial charge in [-0.25, -0.2) is 8.42 Å². The van der Waals surface area contributed by atoms with Gasteiger partial charge in [0.15, 0.2) is 9.84 Å². The van der Waals surface area contributed by atoms with E-state index in [1.807, 2.05) is 6.07 Å². The largest absolute Gasteiger partial charge is 0.370 e. The Morgan fingerprint density at radius 3 is 2.42 bits per heavy atom. The Bertz CT molecular complexity index is 879. The molecule has 1 fully saturated rings. The Kier molecular flexibility index (Phi) is 5.84. The molecule has 0 saturated carbocycles. The van der Waals surface area contributed by atoms with E-state index >= 15 is 0 Å². The number of nitrogens with one attached hydrogen (secondary N) is 1. The molecule has 7 heteroatoms. The molecule has 0 bridgehead atoms. The van der Waals surface area contributed by atoms with Crippen LogP contribution in [-0.4, -0.2) is 33.2 Å². The maximum Gasteiger partial charge on any atom is 0.240 e. The first kappa shape index (κ1) is 18.7. The summed E-state index contributed by atoms with van der Waals surface area (Å²) in [4.78, 5) is 14.7. The number of hydrogen-bond donors (Lipinski definition) is 1. The second-order valence-corrected chi connectivity index (χ2v) is 8.76. The van der Waals surface area contributed by atoms with Gasteiger partial charge in [0.25, 0.3) is 0 Å². The maximum atomic E-state index is 12.4. The van der Waals surface area contributed by atoms with Crippen LogP contribution < -0.4 is 10.2 Å². The molecule has 5 nitrogen and oxygen atoms in total. The number of anilines is 2. The summed E-state index contributed by atoms with van der Waals surface area (Å²) in [5.74, 6) is -1.18. The second kappa shape index (κ2) is 8.10. The zero-order valence-corrected chi connectivity index (χ0v) is 15.9. The van der Waals surface area contributed by atoms with Crippen LogP contribution in [0.15, 0.2) is 53.4 Å². The van der Waals surface area contributed by atoms with Crippen molar-refractivity contribution in [2.75, 3.05) is 29.1 Å². The van der Waals surface area contributed by atoms with Gasteiger partial charge in [0.05, 0.1) is 16.3 Å². The van der Waals surface area contributed by atoms with E-state index in [2.05, 4.69) is 10.2 Å². The van der Waals surface area contributed by atoms with Crippen molar-refractivity contribution in [2.45, 2.75) is 24.2 Å². The number of rotatable bonds is 5. The smallest absolute Gasteiger partial charge is 0.240 e. The SMILES string of the molecule is O=C(CS(=O)(=O)c1ccccc1)Nc1cc(Cl)ccc1N1CCCCC1. The van der Waals surface area contributed by atoms with Crippen molar-refractivity contribution in [1.29, 1.82) is 0 Å². The van der Waals surface area contributed by atoms with Crippen molar-refractivity contribution in [1.82, 2.24) is 0 Å². The third-order valence-electron chi connectivity index (χ3n) is 4.35. The van der Waals surface area contributed by atoms with Gasteiger partial charge in [-0.2, -0.15) is 0 Å². The molecule has 2 aromatic carbocycles. The average Bonchev–Trinajstić information content (AvgIpc) is 2.63. The van der Waals surface area contributed by atoms with Gasteiger partial charge in [0.1, 0.15) is 5.75 Å². The number of carbonyl (C=O) groups is 1. The number of amides is 1. The first-order chi connectivity index (χ1) is 12.5. The van der Waals surface area contributed by atoms with Gasteiger partial charge in [-0.05, 0) is 49.6 Å². The summed E-state index contributed by atoms with van der Waals surface area (Å²) in [7, 11) is -3.69. The van der Waals surface area contributed by atoms with E-state index in [9.17, 15) is 13.2 Å². The standard InChI is InChI=1S/C19H21ClN2O3S/c20-15-9-10-18(22-11-5-2-6-12-22)17(13-15)21-19(23)14-26(24,25)16-7-3-1-4-8-16/h1,3-4,7-10,13H,2,5-6,11-12,14H2,(H,21,23). The molecule has 1 saturated heterocycles. The molecule has 1 amide bonds. The van der Waals surface area contributed by atoms with E-state index in [-0.39, 0.29) is 4.90 Å². The molecule has 0 aliphatic carbocycles. The summed E-state index contributed by atoms with van der Waals surface area (Å²) in [5, 5.41) is 3.22. The predicted octanol–water partition coefficient (Wildman–Crippen LogP) is 3.74. The van der Waals surface area contributed by atoms with Crippen LogP contribution in [0.1, 0.15) is 19.3 Å². The third kappa shape index (κ3) is 4.56. The Morgan fingerprint density at radius 2 is 1.73 bits per heavy atom. The lowest BCUT2D eigenvalue weighted by molar-refractivity contribution is -0.113. The first-order valence-corrected chi connectivity index (χ1v) is 10.6. The molecular weight excluding hydrogens is 372 g/mol. The molecule has 1 aliphatic heterocycles.